The van der Waals surface area contributed by atoms with E-state index in [1.165, 1.54) is 0 Å². The third-order valence-electron chi connectivity index (χ3n) is 1.93. The number of hydrogen-bond donors (Lipinski definition) is 3. The summed E-state index contributed by atoms with van der Waals surface area (Å²) in [5.41, 5.74) is -4.58. The molecule has 1 atom stereocenters. The van der Waals surface area contributed by atoms with E-state index in [4.69, 9.17) is 5.11 Å². The first-order valence-corrected chi connectivity index (χ1v) is 4.98. The molecule has 0 aliphatic heterocycles. The lowest BCUT2D eigenvalue weighted by molar-refractivity contribution is -0.168. The topological polar surface area (TPSA) is 91.2 Å². The first-order chi connectivity index (χ1) is 9.07. The Morgan fingerprint density at radius 2 is 1.55 bits per heavy atom. The number of halogens is 6. The Morgan fingerprint density at radius 3 is 2.00 bits per heavy atom. The van der Waals surface area contributed by atoms with Gasteiger partial charge in [-0.3, -0.25) is 5.32 Å². The molecule has 0 fully saturated rings. The molecule has 0 bridgehead atoms. The predicted octanol–water partition coefficient (Wildman–Crippen LogP) is 0.482. The highest BCUT2D eigenvalue weighted by molar-refractivity contribution is 5.17. The van der Waals surface area contributed by atoms with Crippen LogP contribution in [-0.4, -0.2) is 38.5 Å². The summed E-state index contributed by atoms with van der Waals surface area (Å²) in [6, 6.07) is 0. The van der Waals surface area contributed by atoms with Gasteiger partial charge in [0.2, 0.25) is 0 Å². The summed E-state index contributed by atoms with van der Waals surface area (Å²) in [5.74, 6) is -0.987. The molecule has 0 aliphatic carbocycles. The van der Waals surface area contributed by atoms with Gasteiger partial charge in [-0.15, -0.1) is 10.2 Å². The van der Waals surface area contributed by atoms with Gasteiger partial charge in [-0.2, -0.15) is 26.3 Å². The Labute approximate surface area is 107 Å². The number of aromatic nitrogens is 3. The van der Waals surface area contributed by atoms with E-state index in [-0.39, 0.29) is 6.54 Å². The van der Waals surface area contributed by atoms with Gasteiger partial charge in [-0.05, 0) is 0 Å². The Balaban J connectivity index is 3.22. The molecule has 1 aromatic rings. The van der Waals surface area contributed by atoms with Crippen molar-refractivity contribution in [3.8, 4) is 0 Å². The molecule has 3 N–H and O–H groups in total. The van der Waals surface area contributed by atoms with Crippen molar-refractivity contribution in [2.45, 2.75) is 18.6 Å². The third-order valence-corrected chi connectivity index (χ3v) is 1.93. The van der Waals surface area contributed by atoms with Crippen LogP contribution in [0.2, 0.25) is 0 Å². The predicted molar refractivity (Wildman–Crippen MR) is 49.9 cm³/mol. The van der Waals surface area contributed by atoms with E-state index < -0.39 is 42.4 Å². The van der Waals surface area contributed by atoms with E-state index in [0.717, 1.165) is 0 Å². The first kappa shape index (κ1) is 16.5. The van der Waals surface area contributed by atoms with Crippen LogP contribution >= 0.6 is 0 Å². The average molecular weight is 306 g/mol. The van der Waals surface area contributed by atoms with E-state index in [2.05, 4.69) is 20.5 Å². The van der Waals surface area contributed by atoms with Crippen molar-refractivity contribution in [3.63, 3.8) is 0 Å². The van der Waals surface area contributed by atoms with Crippen LogP contribution in [0.15, 0.2) is 0 Å². The second kappa shape index (κ2) is 5.85. The smallest absolute Gasteiger partial charge is 0.395 e. The molecular weight excluding hydrogens is 298 g/mol. The van der Waals surface area contributed by atoms with Crippen molar-refractivity contribution in [3.05, 3.63) is 17.2 Å². The highest BCUT2D eigenvalue weighted by atomic mass is 19.4. The SMILES string of the molecule is OCCNC(O)c1nnc(C(F)(F)F)c(C(F)(F)F)n1. The Morgan fingerprint density at radius 1 is 1.00 bits per heavy atom. The molecule has 12 heteroatoms. The molecule has 0 aromatic carbocycles. The molecule has 1 rings (SSSR count). The van der Waals surface area contributed by atoms with Gasteiger partial charge in [0.1, 0.15) is 0 Å². The molecule has 114 valence electrons. The lowest BCUT2D eigenvalue weighted by atomic mass is 10.3. The van der Waals surface area contributed by atoms with E-state index in [9.17, 15) is 31.4 Å². The van der Waals surface area contributed by atoms with Gasteiger partial charge in [0.15, 0.2) is 23.4 Å². The van der Waals surface area contributed by atoms with Gasteiger partial charge in [-0.1, -0.05) is 0 Å². The van der Waals surface area contributed by atoms with E-state index in [1.54, 1.807) is 0 Å². The summed E-state index contributed by atoms with van der Waals surface area (Å²) in [7, 11) is 0. The zero-order valence-electron chi connectivity index (χ0n) is 9.50. The maximum absolute atomic E-state index is 12.5. The minimum absolute atomic E-state index is 0.229. The van der Waals surface area contributed by atoms with Crippen LogP contribution in [0.4, 0.5) is 26.3 Å². The molecule has 1 heterocycles. The molecule has 0 amide bonds. The number of nitrogens with one attached hydrogen (secondary N) is 1. The Bertz CT molecular complexity index is 463. The zero-order valence-corrected chi connectivity index (χ0v) is 9.50. The van der Waals surface area contributed by atoms with Gasteiger partial charge < -0.3 is 10.2 Å². The first-order valence-electron chi connectivity index (χ1n) is 4.98. The lowest BCUT2D eigenvalue weighted by Gasteiger charge is -2.15. The maximum atomic E-state index is 12.5. The van der Waals surface area contributed by atoms with Crippen molar-refractivity contribution in [1.82, 2.24) is 20.5 Å². The van der Waals surface area contributed by atoms with Gasteiger partial charge in [0.25, 0.3) is 0 Å². The lowest BCUT2D eigenvalue weighted by Crippen LogP contribution is -2.29. The van der Waals surface area contributed by atoms with Gasteiger partial charge in [0.05, 0.1) is 6.61 Å². The summed E-state index contributed by atoms with van der Waals surface area (Å²) in [6.45, 7) is -0.690. The second-order valence-corrected chi connectivity index (χ2v) is 3.44. The molecular formula is C8H8F6N4O2. The summed E-state index contributed by atoms with van der Waals surface area (Å²) < 4.78 is 74.6. The van der Waals surface area contributed by atoms with Crippen molar-refractivity contribution in [1.29, 1.82) is 0 Å². The second-order valence-electron chi connectivity index (χ2n) is 3.44. The minimum atomic E-state index is -5.41. The number of alkyl halides is 6. The van der Waals surface area contributed by atoms with Crippen LogP contribution in [0.25, 0.3) is 0 Å². The molecule has 6 nitrogen and oxygen atoms in total. The van der Waals surface area contributed by atoms with Crippen LogP contribution in [0.3, 0.4) is 0 Å². The normalized spacial score (nSPS) is 14.4. The van der Waals surface area contributed by atoms with Gasteiger partial charge in [-0.25, -0.2) is 4.98 Å². The summed E-state index contributed by atoms with van der Waals surface area (Å²) in [6.07, 6.45) is -12.7. The molecule has 0 aliphatic rings. The van der Waals surface area contributed by atoms with Gasteiger partial charge >= 0.3 is 12.4 Å². The van der Waals surface area contributed by atoms with Crippen molar-refractivity contribution < 1.29 is 36.6 Å². The van der Waals surface area contributed by atoms with Crippen LogP contribution in [0.5, 0.6) is 0 Å². The number of rotatable bonds is 4. The zero-order chi connectivity index (χ0) is 15.6. The highest BCUT2D eigenvalue weighted by Crippen LogP contribution is 2.37. The largest absolute Gasteiger partial charge is 0.437 e. The fraction of sp³-hybridized carbons (Fsp3) is 0.625. The molecule has 0 saturated heterocycles. The van der Waals surface area contributed by atoms with E-state index in [1.807, 2.05) is 0 Å². The molecule has 1 unspecified atom stereocenters. The number of aliphatic hydroxyl groups excluding tert-OH is 2. The van der Waals surface area contributed by atoms with Crippen molar-refractivity contribution in [2.75, 3.05) is 13.2 Å². The summed E-state index contributed by atoms with van der Waals surface area (Å²) in [5, 5.41) is 25.0. The minimum Gasteiger partial charge on any atom is -0.395 e. The standard InChI is InChI=1S/C8H8F6N4O2/c9-7(10,11)3-4(8(12,13)14)17-18-5(16-3)6(20)15-1-2-19/h6,15,19-20H,1-2H2. The number of aliphatic hydroxyl groups is 2. The quantitative estimate of drug-likeness (QED) is 0.554. The van der Waals surface area contributed by atoms with Crippen LogP contribution in [-0.2, 0) is 12.4 Å². The molecule has 20 heavy (non-hydrogen) atoms. The van der Waals surface area contributed by atoms with Crippen LogP contribution in [0, 0.1) is 0 Å². The van der Waals surface area contributed by atoms with Crippen LogP contribution in [0.1, 0.15) is 23.4 Å². The Hall–Kier alpha value is -1.53. The molecule has 1 aromatic heterocycles. The average Bonchev–Trinajstić information content (AvgIpc) is 2.33. The van der Waals surface area contributed by atoms with E-state index in [0.29, 0.717) is 0 Å². The van der Waals surface area contributed by atoms with Crippen molar-refractivity contribution >= 4 is 0 Å². The summed E-state index contributed by atoms with van der Waals surface area (Å²) >= 11 is 0. The fourth-order valence-electron chi connectivity index (χ4n) is 1.14. The third kappa shape index (κ3) is 3.98. The fourth-order valence-corrected chi connectivity index (χ4v) is 1.14. The van der Waals surface area contributed by atoms with Crippen molar-refractivity contribution in [2.24, 2.45) is 0 Å². The Kier molecular flexibility index (Phi) is 4.83. The monoisotopic (exact) mass is 306 g/mol. The highest BCUT2D eigenvalue weighted by Gasteiger charge is 2.47. The molecule has 0 radical (unpaired) electrons. The number of nitrogens with zero attached hydrogens (tertiary/aromatic N) is 3. The molecule has 0 saturated carbocycles. The van der Waals surface area contributed by atoms with Gasteiger partial charge in [0, 0.05) is 6.54 Å². The maximum Gasteiger partial charge on any atom is 0.437 e. The van der Waals surface area contributed by atoms with E-state index >= 15 is 0 Å². The number of hydrogen-bond acceptors (Lipinski definition) is 6. The molecule has 0 spiro atoms. The summed E-state index contributed by atoms with van der Waals surface area (Å²) in [4.78, 5) is 2.65. The van der Waals surface area contributed by atoms with Crippen LogP contribution < -0.4 is 5.32 Å².